The zero-order chi connectivity index (χ0) is 20.7. The molecule has 0 aromatic heterocycles. The lowest BCUT2D eigenvalue weighted by atomic mass is 10.1. The van der Waals surface area contributed by atoms with Gasteiger partial charge in [-0.2, -0.15) is 0 Å². The van der Waals surface area contributed by atoms with Gasteiger partial charge in [-0.1, -0.05) is 36.4 Å². The van der Waals surface area contributed by atoms with Crippen LogP contribution in [-0.2, 0) is 21.4 Å². The molecule has 2 rings (SSSR count). The Morgan fingerprint density at radius 3 is 2.39 bits per heavy atom. The molecule has 28 heavy (non-hydrogen) atoms. The molecular formula is C20H24N2O5S. The summed E-state index contributed by atoms with van der Waals surface area (Å²) in [5.74, 6) is -1.20. The summed E-state index contributed by atoms with van der Waals surface area (Å²) in [4.78, 5) is 25.5. The van der Waals surface area contributed by atoms with Crippen molar-refractivity contribution in [1.82, 2.24) is 4.90 Å². The van der Waals surface area contributed by atoms with Gasteiger partial charge in [-0.25, -0.2) is 8.42 Å². The first-order valence-corrected chi connectivity index (χ1v) is 10.7. The molecule has 8 heteroatoms. The van der Waals surface area contributed by atoms with E-state index in [-0.39, 0.29) is 18.9 Å². The fourth-order valence-electron chi connectivity index (χ4n) is 2.72. The van der Waals surface area contributed by atoms with Crippen LogP contribution in [0.2, 0.25) is 0 Å². The normalized spacial score (nSPS) is 11.1. The Morgan fingerprint density at radius 2 is 1.79 bits per heavy atom. The number of hydrogen-bond donors (Lipinski definition) is 2. The lowest BCUT2D eigenvalue weighted by Crippen LogP contribution is -2.32. The molecular weight excluding hydrogens is 380 g/mol. The third kappa shape index (κ3) is 6.70. The van der Waals surface area contributed by atoms with E-state index in [4.69, 9.17) is 5.11 Å². The highest BCUT2D eigenvalue weighted by Gasteiger charge is 2.18. The Kier molecular flexibility index (Phi) is 7.17. The summed E-state index contributed by atoms with van der Waals surface area (Å²) in [6.07, 6.45) is 1.34. The van der Waals surface area contributed by atoms with E-state index in [1.54, 1.807) is 24.0 Å². The maximum Gasteiger partial charge on any atom is 0.303 e. The molecule has 0 aliphatic carbocycles. The van der Waals surface area contributed by atoms with Crippen LogP contribution in [0.5, 0.6) is 0 Å². The van der Waals surface area contributed by atoms with Gasteiger partial charge < -0.3 is 10.0 Å². The number of carbonyl (C=O) groups excluding carboxylic acids is 1. The predicted molar refractivity (Wildman–Crippen MR) is 108 cm³/mol. The average molecular weight is 404 g/mol. The Bertz CT molecular complexity index is 942. The van der Waals surface area contributed by atoms with E-state index in [1.165, 1.54) is 6.07 Å². The number of benzene rings is 2. The van der Waals surface area contributed by atoms with Crippen LogP contribution in [0, 0.1) is 6.92 Å². The van der Waals surface area contributed by atoms with Gasteiger partial charge in [0.1, 0.15) is 0 Å². The second kappa shape index (κ2) is 9.36. The molecule has 1 amide bonds. The van der Waals surface area contributed by atoms with Gasteiger partial charge in [-0.15, -0.1) is 0 Å². The SMILES string of the molecule is Cc1ccc(C(=O)N(CCCC(=O)O)Cc2ccccc2)cc1NS(C)(=O)=O. The lowest BCUT2D eigenvalue weighted by Gasteiger charge is -2.23. The summed E-state index contributed by atoms with van der Waals surface area (Å²) in [5.41, 5.74) is 2.30. The van der Waals surface area contributed by atoms with Crippen molar-refractivity contribution < 1.29 is 23.1 Å². The van der Waals surface area contributed by atoms with Gasteiger partial charge in [-0.05, 0) is 36.6 Å². The molecule has 150 valence electrons. The summed E-state index contributed by atoms with van der Waals surface area (Å²) in [7, 11) is -3.47. The van der Waals surface area contributed by atoms with Gasteiger partial charge in [0.05, 0.1) is 11.9 Å². The highest BCUT2D eigenvalue weighted by molar-refractivity contribution is 7.92. The lowest BCUT2D eigenvalue weighted by molar-refractivity contribution is -0.137. The third-order valence-corrected chi connectivity index (χ3v) is 4.69. The minimum atomic E-state index is -3.47. The van der Waals surface area contributed by atoms with E-state index < -0.39 is 16.0 Å². The van der Waals surface area contributed by atoms with E-state index >= 15 is 0 Å². The number of carbonyl (C=O) groups is 2. The van der Waals surface area contributed by atoms with Crippen molar-refractivity contribution in [3.63, 3.8) is 0 Å². The van der Waals surface area contributed by atoms with Gasteiger partial charge in [-0.3, -0.25) is 14.3 Å². The van der Waals surface area contributed by atoms with Gasteiger partial charge in [0.15, 0.2) is 0 Å². The minimum Gasteiger partial charge on any atom is -0.481 e. The van der Waals surface area contributed by atoms with Crippen LogP contribution in [0.25, 0.3) is 0 Å². The number of amides is 1. The van der Waals surface area contributed by atoms with Gasteiger partial charge in [0.25, 0.3) is 5.91 Å². The molecule has 0 saturated heterocycles. The molecule has 2 N–H and O–H groups in total. The summed E-state index contributed by atoms with van der Waals surface area (Å²) in [6.45, 7) is 2.36. The summed E-state index contributed by atoms with van der Waals surface area (Å²) >= 11 is 0. The Morgan fingerprint density at radius 1 is 1.11 bits per heavy atom. The van der Waals surface area contributed by atoms with Crippen LogP contribution in [0.15, 0.2) is 48.5 Å². The van der Waals surface area contributed by atoms with Gasteiger partial charge in [0.2, 0.25) is 10.0 Å². The van der Waals surface area contributed by atoms with E-state index in [9.17, 15) is 18.0 Å². The first-order chi connectivity index (χ1) is 13.2. The fourth-order valence-corrected chi connectivity index (χ4v) is 3.34. The number of anilines is 1. The molecule has 0 bridgehead atoms. The van der Waals surface area contributed by atoms with Crippen LogP contribution in [0.3, 0.4) is 0 Å². The smallest absolute Gasteiger partial charge is 0.303 e. The fraction of sp³-hybridized carbons (Fsp3) is 0.300. The van der Waals surface area contributed by atoms with Crippen LogP contribution >= 0.6 is 0 Å². The molecule has 0 saturated carbocycles. The van der Waals surface area contributed by atoms with Crippen LogP contribution in [0.1, 0.15) is 34.3 Å². The first kappa shape index (κ1) is 21.4. The minimum absolute atomic E-state index is 0.0344. The second-order valence-electron chi connectivity index (χ2n) is 6.61. The molecule has 2 aromatic rings. The van der Waals surface area contributed by atoms with Crippen molar-refractivity contribution in [2.45, 2.75) is 26.3 Å². The number of aliphatic carboxylic acids is 1. The molecule has 0 aliphatic heterocycles. The number of carboxylic acids is 1. The largest absolute Gasteiger partial charge is 0.481 e. The van der Waals surface area contributed by atoms with Crippen molar-refractivity contribution in [3.05, 3.63) is 65.2 Å². The number of sulfonamides is 1. The highest BCUT2D eigenvalue weighted by atomic mass is 32.2. The Labute approximate surface area is 165 Å². The van der Waals surface area contributed by atoms with Crippen molar-refractivity contribution in [1.29, 1.82) is 0 Å². The predicted octanol–water partition coefficient (Wildman–Crippen LogP) is 2.87. The molecule has 0 aliphatic rings. The number of nitrogens with one attached hydrogen (secondary N) is 1. The molecule has 0 unspecified atom stereocenters. The van der Waals surface area contributed by atoms with E-state index in [2.05, 4.69) is 4.72 Å². The third-order valence-electron chi connectivity index (χ3n) is 4.10. The standard InChI is InChI=1S/C20H24N2O5S/c1-15-10-11-17(13-18(15)21-28(2,26)27)20(25)22(12-6-9-19(23)24)14-16-7-4-3-5-8-16/h3-5,7-8,10-11,13,21H,6,9,12,14H2,1-2H3,(H,23,24). The Hall–Kier alpha value is -2.87. The number of carboxylic acid groups (broad SMARTS) is 1. The number of hydrogen-bond acceptors (Lipinski definition) is 4. The molecule has 7 nitrogen and oxygen atoms in total. The molecule has 0 atom stereocenters. The molecule has 0 heterocycles. The quantitative estimate of drug-likeness (QED) is 0.669. The zero-order valence-corrected chi connectivity index (χ0v) is 16.7. The summed E-state index contributed by atoms with van der Waals surface area (Å²) < 4.78 is 25.5. The van der Waals surface area contributed by atoms with E-state index in [0.29, 0.717) is 29.8 Å². The summed E-state index contributed by atoms with van der Waals surface area (Å²) in [5, 5.41) is 8.88. The first-order valence-electron chi connectivity index (χ1n) is 8.79. The number of nitrogens with zero attached hydrogens (tertiary/aromatic N) is 1. The average Bonchev–Trinajstić information content (AvgIpc) is 2.61. The molecule has 2 aromatic carbocycles. The Balaban J connectivity index is 2.27. The number of aryl methyl sites for hydroxylation is 1. The van der Waals surface area contributed by atoms with Crippen LogP contribution in [-0.4, -0.2) is 43.1 Å². The highest BCUT2D eigenvalue weighted by Crippen LogP contribution is 2.20. The van der Waals surface area contributed by atoms with Gasteiger partial charge in [0, 0.05) is 25.1 Å². The topological polar surface area (TPSA) is 104 Å². The van der Waals surface area contributed by atoms with Crippen LogP contribution < -0.4 is 4.72 Å². The maximum absolute atomic E-state index is 13.1. The van der Waals surface area contributed by atoms with Crippen LogP contribution in [0.4, 0.5) is 5.69 Å². The van der Waals surface area contributed by atoms with Crippen molar-refractivity contribution >= 4 is 27.6 Å². The number of rotatable bonds is 9. The van der Waals surface area contributed by atoms with Gasteiger partial charge >= 0.3 is 5.97 Å². The van der Waals surface area contributed by atoms with E-state index in [1.807, 2.05) is 30.3 Å². The van der Waals surface area contributed by atoms with Crippen molar-refractivity contribution in [2.24, 2.45) is 0 Å². The monoisotopic (exact) mass is 404 g/mol. The molecule has 0 spiro atoms. The van der Waals surface area contributed by atoms with E-state index in [0.717, 1.165) is 11.8 Å². The van der Waals surface area contributed by atoms with Crippen molar-refractivity contribution in [2.75, 3.05) is 17.5 Å². The summed E-state index contributed by atoms with van der Waals surface area (Å²) in [6, 6.07) is 14.2. The maximum atomic E-state index is 13.1. The zero-order valence-electron chi connectivity index (χ0n) is 15.9. The molecule has 0 fully saturated rings. The van der Waals surface area contributed by atoms with Crippen molar-refractivity contribution in [3.8, 4) is 0 Å². The second-order valence-corrected chi connectivity index (χ2v) is 8.36. The molecule has 0 radical (unpaired) electrons.